The van der Waals surface area contributed by atoms with E-state index in [-0.39, 0.29) is 119 Å². The Balaban J connectivity index is 0.722. The maximum atomic E-state index is 15.0. The molecular weight excluding hydrogens is 1710 g/mol. The van der Waals surface area contributed by atoms with Crippen LogP contribution in [-0.4, -0.2) is 246 Å². The van der Waals surface area contributed by atoms with Gasteiger partial charge in [0.15, 0.2) is 0 Å². The second-order valence-corrected chi connectivity index (χ2v) is 47.0. The highest BCUT2D eigenvalue weighted by Crippen LogP contribution is 2.70. The molecule has 16 aliphatic carbocycles. The fourth-order valence-electron chi connectivity index (χ4n) is 25.1. The van der Waals surface area contributed by atoms with Gasteiger partial charge in [0, 0.05) is 46.0 Å². The molecule has 120 heavy (non-hydrogen) atoms. The number of nitrogens with one attached hydrogen (secondary N) is 8. The van der Waals surface area contributed by atoms with Crippen molar-refractivity contribution in [3.8, 4) is 0 Å². The zero-order chi connectivity index (χ0) is 86.1. The summed E-state index contributed by atoms with van der Waals surface area (Å²) in [6, 6.07) is -9.43. The highest BCUT2D eigenvalue weighted by Gasteiger charge is 2.68. The van der Waals surface area contributed by atoms with Crippen LogP contribution in [0.4, 0.5) is 0 Å². The molecule has 17 fully saturated rings. The number of amides is 8. The summed E-state index contributed by atoms with van der Waals surface area (Å²) in [5, 5.41) is 23.8. The molecule has 40 heteroatoms. The molecule has 17 rings (SSSR count). The van der Waals surface area contributed by atoms with Crippen molar-refractivity contribution in [2.45, 2.75) is 202 Å². The Labute approximate surface area is 729 Å². The minimum absolute atomic E-state index is 0.0270. The van der Waals surface area contributed by atoms with E-state index < -0.39 is 187 Å². The number of esters is 8. The van der Waals surface area contributed by atoms with E-state index in [1.54, 1.807) is 0 Å². The van der Waals surface area contributed by atoms with Gasteiger partial charge < -0.3 is 80.4 Å². The monoisotopic (exact) mass is 1820 g/mol. The molecule has 0 aromatic heterocycles. The number of ether oxygens (including phenoxy) is 8. The Bertz CT molecular complexity index is 3250. The molecule has 8 spiro atoms. The van der Waals surface area contributed by atoms with Crippen molar-refractivity contribution in [2.24, 2.45) is 90.7 Å². The third-order valence-corrected chi connectivity index (χ3v) is 38.3. The van der Waals surface area contributed by atoms with E-state index in [0.717, 1.165) is 112 Å². The van der Waals surface area contributed by atoms with Crippen LogP contribution in [0.25, 0.3) is 0 Å². The molecule has 1 aliphatic heterocycles. The van der Waals surface area contributed by atoms with Crippen LogP contribution in [0.3, 0.4) is 0 Å². The molecule has 16 bridgehead atoms. The third-order valence-electron chi connectivity index (χ3n) is 28.6. The molecular formula is C80H112N8O24S8. The molecule has 10 unspecified atom stereocenters. The summed E-state index contributed by atoms with van der Waals surface area (Å²) in [5.41, 5.74) is -8.53. The molecule has 0 aromatic rings. The highest BCUT2D eigenvalue weighted by molar-refractivity contribution is 8.77. The van der Waals surface area contributed by atoms with Crippen molar-refractivity contribution < 1.29 is 115 Å². The molecule has 16 atom stereocenters. The normalized spacial score (nSPS) is 40.9. The van der Waals surface area contributed by atoms with E-state index in [2.05, 4.69) is 42.5 Å². The third kappa shape index (κ3) is 19.0. The number of hydrogen-bond donors (Lipinski definition) is 8. The van der Waals surface area contributed by atoms with E-state index in [1.165, 1.54) is 56.9 Å². The quantitative estimate of drug-likeness (QED) is 0.0886. The van der Waals surface area contributed by atoms with Crippen molar-refractivity contribution in [1.29, 1.82) is 0 Å². The van der Waals surface area contributed by atoms with Gasteiger partial charge in [-0.3, -0.25) is 38.4 Å². The SMILES string of the molecule is COC(=O)C1CSSC[C@@H](C(=O)OC)NC(=O)C23CC4CC(CC(C4)(C2)C(=O)NC(C(=O)OC)CSSC[C@@H](C(=O)OC)NC(=O)C24CC5CC(C2)CC(C5)(C4)C(=O)N[C@H](C(=O)OC)CSSC[C@@H](C(=O)OC)NC(=O)C24CC5CC(CC(C5)(C2)C(=O)N[C@H](C(=O)OC)CSSC[C@@H](C(=O)OC)NC(=O)C25CC6CC(CC(C6)(C2)C(=O)N1)C5)C4)C3. The zero-order valence-electron chi connectivity index (χ0n) is 68.9. The van der Waals surface area contributed by atoms with Gasteiger partial charge in [0.05, 0.1) is 100 Å². The summed E-state index contributed by atoms with van der Waals surface area (Å²) >= 11 is 0. The second kappa shape index (κ2) is 37.9. The fraction of sp³-hybridized carbons (Fsp3) is 0.800. The van der Waals surface area contributed by atoms with Crippen molar-refractivity contribution in [2.75, 3.05) is 103 Å². The summed E-state index contributed by atoms with van der Waals surface area (Å²) in [6.45, 7) is 0. The predicted octanol–water partition coefficient (Wildman–Crippen LogP) is 5.13. The van der Waals surface area contributed by atoms with E-state index in [4.69, 9.17) is 37.9 Å². The van der Waals surface area contributed by atoms with Crippen molar-refractivity contribution >= 4 is 181 Å². The highest BCUT2D eigenvalue weighted by atomic mass is 33.1. The second-order valence-electron chi connectivity index (χ2n) is 36.8. The summed E-state index contributed by atoms with van der Waals surface area (Å²) in [7, 11) is 18.9. The van der Waals surface area contributed by atoms with Crippen LogP contribution < -0.4 is 42.5 Å². The first-order valence-corrected chi connectivity index (χ1v) is 51.3. The van der Waals surface area contributed by atoms with Gasteiger partial charge in [-0.2, -0.15) is 0 Å². The van der Waals surface area contributed by atoms with Gasteiger partial charge in [-0.1, -0.05) is 86.4 Å². The Morgan fingerprint density at radius 1 is 0.208 bits per heavy atom. The Morgan fingerprint density at radius 3 is 0.400 bits per heavy atom. The van der Waals surface area contributed by atoms with Crippen LogP contribution in [0.5, 0.6) is 0 Å². The molecule has 1 saturated heterocycles. The van der Waals surface area contributed by atoms with E-state index in [1.807, 2.05) is 0 Å². The van der Waals surface area contributed by atoms with E-state index in [9.17, 15) is 76.7 Å². The lowest BCUT2D eigenvalue weighted by molar-refractivity contribution is -0.170. The average Bonchev–Trinajstić information content (AvgIpc) is 0.728. The number of carbonyl (C=O) groups is 16. The Morgan fingerprint density at radius 2 is 0.308 bits per heavy atom. The first-order valence-electron chi connectivity index (χ1n) is 41.3. The molecule has 16 saturated carbocycles. The predicted molar refractivity (Wildman–Crippen MR) is 449 cm³/mol. The van der Waals surface area contributed by atoms with Crippen molar-refractivity contribution in [1.82, 2.24) is 42.5 Å². The molecule has 32 nitrogen and oxygen atoms in total. The van der Waals surface area contributed by atoms with Gasteiger partial charge in [0.2, 0.25) is 47.3 Å². The molecule has 0 aromatic carbocycles. The van der Waals surface area contributed by atoms with Gasteiger partial charge in [-0.05, 0) is 201 Å². The summed E-state index contributed by atoms with van der Waals surface area (Å²) in [5.74, 6) is -9.70. The summed E-state index contributed by atoms with van der Waals surface area (Å²) in [4.78, 5) is 229. The number of methoxy groups -OCH3 is 8. The van der Waals surface area contributed by atoms with Crippen molar-refractivity contribution in [3.63, 3.8) is 0 Å². The smallest absolute Gasteiger partial charge is 0.329 e. The van der Waals surface area contributed by atoms with Crippen LogP contribution in [0.2, 0.25) is 0 Å². The Hall–Kier alpha value is -5.68. The maximum absolute atomic E-state index is 15.0. The standard InChI is InChI=1S/C80H112N8O24S8/c1-105-57(89)49-29-113-114-30-50(58(90)106-2)82-67(99)75-17-43-10-44(18-75)20-76(19-43,38-75)68(100)84-53(61(93)109-5)33-117-118-34-54(62(94)110-6)86-71(103)79-25-47-12-48(26-79)28-80(27-47,40-79)72(104)88-56(64(96)112-8)36-120-119-35-55(63(95)111-7)87-70(102)78-23-45-11-46(24-78)22-77(21-45,39-78)69(101)85-52(60(92)108-4)32-116-115-31-51(59(91)107-3)83-66(98)74-15-41-9-42(16-74)14-73(13-41,37-74)65(97)81-49/h41-56H,9-40H2,1-8H3,(H,81,97)(H,82,99)(H,83,98)(H,84,100)(H,85,101)(H,86,103)(H,87,102)(H,88,104)/t41?,42?,43?,44?,45?,46?,47?,48?,49-,50-,51-,52-,53-,54?,55?,56-,73?,74?,75?,76?,77?,78?,79?,80?/m0/s1. The molecule has 0 radical (unpaired) electrons. The van der Waals surface area contributed by atoms with Crippen LogP contribution in [0.1, 0.15) is 154 Å². The lowest BCUT2D eigenvalue weighted by Gasteiger charge is -2.60. The van der Waals surface area contributed by atoms with Crippen LogP contribution >= 0.6 is 86.4 Å². The maximum Gasteiger partial charge on any atom is 0.329 e. The summed E-state index contributed by atoms with van der Waals surface area (Å²) in [6.07, 6.45) is 11.0. The van der Waals surface area contributed by atoms with Gasteiger partial charge in [0.1, 0.15) is 48.3 Å². The number of rotatable bonds is 8. The minimum atomic E-state index is -1.18. The van der Waals surface area contributed by atoms with Crippen LogP contribution in [0.15, 0.2) is 0 Å². The van der Waals surface area contributed by atoms with E-state index in [0.29, 0.717) is 103 Å². The lowest BCUT2D eigenvalue weighted by atomic mass is 9.43. The minimum Gasteiger partial charge on any atom is -0.467 e. The van der Waals surface area contributed by atoms with Gasteiger partial charge in [-0.15, -0.1) is 0 Å². The van der Waals surface area contributed by atoms with E-state index >= 15 is 0 Å². The van der Waals surface area contributed by atoms with Crippen molar-refractivity contribution in [3.05, 3.63) is 0 Å². The first kappa shape index (κ1) is 92.0. The van der Waals surface area contributed by atoms with Crippen LogP contribution in [-0.2, 0) is 115 Å². The topological polar surface area (TPSA) is 443 Å². The zero-order valence-corrected chi connectivity index (χ0v) is 75.5. The fourth-order valence-corrected chi connectivity index (χ4v) is 34.3. The molecule has 664 valence electrons. The number of carbonyl (C=O) groups excluding carboxylic acids is 16. The van der Waals surface area contributed by atoms with Gasteiger partial charge in [-0.25, -0.2) is 38.4 Å². The molecule has 8 amide bonds. The lowest BCUT2D eigenvalue weighted by Crippen LogP contribution is -2.63. The average molecular weight is 1830 g/mol. The van der Waals surface area contributed by atoms with Gasteiger partial charge >= 0.3 is 47.8 Å². The molecule has 1 heterocycles. The molecule has 8 N–H and O–H groups in total. The van der Waals surface area contributed by atoms with Crippen LogP contribution in [0, 0.1) is 90.7 Å². The molecule has 17 aliphatic rings. The Kier molecular flexibility index (Phi) is 29.0. The number of hydrogen-bond acceptors (Lipinski definition) is 32. The summed E-state index contributed by atoms with van der Waals surface area (Å²) < 4.78 is 41.8. The van der Waals surface area contributed by atoms with Gasteiger partial charge in [0.25, 0.3) is 0 Å². The largest absolute Gasteiger partial charge is 0.467 e. The first-order chi connectivity index (χ1) is 57.2.